The quantitative estimate of drug-likeness (QED) is 0.239. The molecule has 0 saturated heterocycles. The van der Waals surface area contributed by atoms with E-state index in [2.05, 4.69) is 88.0 Å². The Bertz CT molecular complexity index is 3130. The third-order valence-corrected chi connectivity index (χ3v) is 10.4. The molecule has 0 unspecified atom stereocenters. The minimum absolute atomic E-state index is 0.163. The highest BCUT2D eigenvalue weighted by atomic mass is 15.2. The summed E-state index contributed by atoms with van der Waals surface area (Å²) in [7, 11) is 31.7. The highest BCUT2D eigenvalue weighted by Gasteiger charge is 2.23. The summed E-state index contributed by atoms with van der Waals surface area (Å²) in [5.74, 6) is 1.45. The lowest BCUT2D eigenvalue weighted by Crippen LogP contribution is -2.55. The average molecular weight is 689 g/mol. The van der Waals surface area contributed by atoms with Gasteiger partial charge in [0.05, 0.1) is 22.1 Å². The zero-order chi connectivity index (χ0) is 37.4. The summed E-state index contributed by atoms with van der Waals surface area (Å²) in [4.78, 5) is 15.5. The number of nitrogens with zero attached hydrogens (tertiary/aromatic N) is 5. The molecule has 0 N–H and O–H groups in total. The molecule has 3 heterocycles. The van der Waals surface area contributed by atoms with Crippen LogP contribution in [0.2, 0.25) is 0 Å². The maximum Gasteiger partial charge on any atom is 0.238 e. The molecule has 0 bridgehead atoms. The standard InChI is InChI=1S/C45H24B5N5/c46-36-35(37(47)39(49)40(50)38(36)48)26-14-11-15-27(24-26)44-51-43(25-12-3-1-4-13-25)52-45(53-44)55-34-21-10-8-19-30(34)32-23-22-31-29-18-7-9-20-33(29)54(41(31)42(32)55)28-16-5-2-6-17-28/h1-24H. The lowest BCUT2D eigenvalue weighted by molar-refractivity contribution is 0.953. The molecule has 0 aliphatic carbocycles. The summed E-state index contributed by atoms with van der Waals surface area (Å²) < 4.78 is 4.51. The van der Waals surface area contributed by atoms with Crippen LogP contribution in [-0.2, 0) is 0 Å². The van der Waals surface area contributed by atoms with Gasteiger partial charge in [-0.25, -0.2) is 4.98 Å². The molecule has 55 heavy (non-hydrogen) atoms. The van der Waals surface area contributed by atoms with E-state index in [1.807, 2.05) is 66.7 Å². The van der Waals surface area contributed by atoms with E-state index in [1.54, 1.807) is 0 Å². The Kier molecular flexibility index (Phi) is 7.70. The van der Waals surface area contributed by atoms with E-state index in [-0.39, 0.29) is 27.3 Å². The van der Waals surface area contributed by atoms with E-state index < -0.39 is 0 Å². The number of fused-ring (bicyclic) bond motifs is 7. The number of hydrogen-bond acceptors (Lipinski definition) is 3. The normalized spacial score (nSPS) is 11.6. The van der Waals surface area contributed by atoms with Gasteiger partial charge in [0.15, 0.2) is 11.6 Å². The highest BCUT2D eigenvalue weighted by molar-refractivity contribution is 6.68. The average Bonchev–Trinajstić information content (AvgIpc) is 3.76. The first kappa shape index (κ1) is 33.1. The predicted octanol–water partition coefficient (Wildman–Crippen LogP) is 5.04. The van der Waals surface area contributed by atoms with Gasteiger partial charge >= 0.3 is 0 Å². The fraction of sp³-hybridized carbons (Fsp3) is 0. The van der Waals surface area contributed by atoms with Gasteiger partial charge in [-0.2, -0.15) is 9.97 Å². The molecule has 0 aliphatic heterocycles. The van der Waals surface area contributed by atoms with E-state index >= 15 is 0 Å². The van der Waals surface area contributed by atoms with Crippen LogP contribution in [0.1, 0.15) is 0 Å². The smallest absolute Gasteiger partial charge is 0.238 e. The minimum Gasteiger partial charge on any atom is -0.307 e. The van der Waals surface area contributed by atoms with Crippen molar-refractivity contribution >= 4 is 110 Å². The topological polar surface area (TPSA) is 48.5 Å². The van der Waals surface area contributed by atoms with Crippen LogP contribution in [0.4, 0.5) is 0 Å². The number of para-hydroxylation sites is 3. The Morgan fingerprint density at radius 3 is 1.47 bits per heavy atom. The molecule has 7 aromatic carbocycles. The SMILES string of the molecule is [B]c1c([B])c([B])c(-c2cccc(-c3nc(-c4ccccc4)nc(-n4c5ccccc5c5ccc6c7ccccc7n(-c7ccccc7)c6c54)n3)c2)c([B])c1[B]. The van der Waals surface area contributed by atoms with Gasteiger partial charge in [-0.15, -0.1) is 16.4 Å². The summed E-state index contributed by atoms with van der Waals surface area (Å²) >= 11 is 0. The number of hydrogen-bond donors (Lipinski definition) is 0. The van der Waals surface area contributed by atoms with E-state index in [0.717, 1.165) is 60.4 Å². The molecular weight excluding hydrogens is 665 g/mol. The highest BCUT2D eigenvalue weighted by Crippen LogP contribution is 2.41. The van der Waals surface area contributed by atoms with Crippen LogP contribution >= 0.6 is 0 Å². The Morgan fingerprint density at radius 2 is 0.836 bits per heavy atom. The van der Waals surface area contributed by atoms with Crippen LogP contribution in [0.15, 0.2) is 146 Å². The molecular formula is C45H24B5N5. The minimum atomic E-state index is 0.163. The zero-order valence-electron chi connectivity index (χ0n) is 29.5. The van der Waals surface area contributed by atoms with Crippen LogP contribution in [0.25, 0.3) is 89.2 Å². The molecule has 0 amide bonds. The van der Waals surface area contributed by atoms with Crippen molar-refractivity contribution in [1.82, 2.24) is 24.1 Å². The number of rotatable bonds is 5. The van der Waals surface area contributed by atoms with E-state index in [1.165, 1.54) is 0 Å². The molecule has 244 valence electrons. The first-order chi connectivity index (χ1) is 26.9. The van der Waals surface area contributed by atoms with Crippen LogP contribution in [0.3, 0.4) is 0 Å². The molecule has 0 saturated carbocycles. The van der Waals surface area contributed by atoms with Crippen molar-refractivity contribution in [3.8, 4) is 45.5 Å². The molecule has 0 aliphatic rings. The molecule has 10 radical (unpaired) electrons. The Morgan fingerprint density at radius 1 is 0.364 bits per heavy atom. The van der Waals surface area contributed by atoms with Gasteiger partial charge in [0.1, 0.15) is 39.2 Å². The van der Waals surface area contributed by atoms with Crippen LogP contribution in [0.5, 0.6) is 0 Å². The van der Waals surface area contributed by atoms with Gasteiger partial charge in [0.25, 0.3) is 0 Å². The summed E-state index contributed by atoms with van der Waals surface area (Å²) in [6.45, 7) is 0. The fourth-order valence-electron chi connectivity index (χ4n) is 7.84. The van der Waals surface area contributed by atoms with Crippen LogP contribution in [-0.4, -0.2) is 63.3 Å². The molecule has 10 aromatic rings. The molecule has 10 rings (SSSR count). The number of aromatic nitrogens is 5. The monoisotopic (exact) mass is 689 g/mol. The molecule has 10 heteroatoms. The summed E-state index contributed by atoms with van der Waals surface area (Å²) in [5, 5.41) is 4.44. The third kappa shape index (κ3) is 5.12. The lowest BCUT2D eigenvalue weighted by atomic mass is 9.59. The van der Waals surface area contributed by atoms with Gasteiger partial charge < -0.3 is 4.57 Å². The Balaban J connectivity index is 1.31. The van der Waals surface area contributed by atoms with Crippen LogP contribution < -0.4 is 27.3 Å². The van der Waals surface area contributed by atoms with Crippen molar-refractivity contribution in [1.29, 1.82) is 0 Å². The maximum atomic E-state index is 6.51. The summed E-state index contributed by atoms with van der Waals surface area (Å²) in [6, 6.07) is 49.4. The lowest BCUT2D eigenvalue weighted by Gasteiger charge is -2.21. The predicted molar refractivity (Wildman–Crippen MR) is 232 cm³/mol. The van der Waals surface area contributed by atoms with Crippen LogP contribution in [0, 0.1) is 0 Å². The van der Waals surface area contributed by atoms with Gasteiger partial charge in [-0.05, 0) is 41.5 Å². The second-order valence-electron chi connectivity index (χ2n) is 13.6. The fourth-order valence-corrected chi connectivity index (χ4v) is 7.84. The van der Waals surface area contributed by atoms with E-state index in [4.69, 9.17) is 54.2 Å². The number of benzene rings is 7. The van der Waals surface area contributed by atoms with Crippen molar-refractivity contribution in [2.45, 2.75) is 0 Å². The summed E-state index contributed by atoms with van der Waals surface area (Å²) in [6.07, 6.45) is 0. The molecule has 0 atom stereocenters. The Labute approximate surface area is 324 Å². The van der Waals surface area contributed by atoms with E-state index in [0.29, 0.717) is 28.7 Å². The molecule has 5 nitrogen and oxygen atoms in total. The third-order valence-electron chi connectivity index (χ3n) is 10.4. The first-order valence-electron chi connectivity index (χ1n) is 17.8. The molecule has 0 fully saturated rings. The second-order valence-corrected chi connectivity index (χ2v) is 13.6. The largest absolute Gasteiger partial charge is 0.307 e. The van der Waals surface area contributed by atoms with Crippen molar-refractivity contribution in [3.63, 3.8) is 0 Å². The summed E-state index contributed by atoms with van der Waals surface area (Å²) in [5.41, 5.74) is 8.97. The second kappa shape index (κ2) is 12.8. The molecule has 0 spiro atoms. The maximum absolute atomic E-state index is 6.51. The first-order valence-corrected chi connectivity index (χ1v) is 17.8. The zero-order valence-corrected chi connectivity index (χ0v) is 29.5. The van der Waals surface area contributed by atoms with Crippen molar-refractivity contribution < 1.29 is 0 Å². The van der Waals surface area contributed by atoms with Gasteiger partial charge in [0.2, 0.25) is 5.95 Å². The van der Waals surface area contributed by atoms with Gasteiger partial charge in [0, 0.05) is 38.4 Å². The van der Waals surface area contributed by atoms with Crippen molar-refractivity contribution in [2.75, 3.05) is 0 Å². The van der Waals surface area contributed by atoms with Crippen molar-refractivity contribution in [3.05, 3.63) is 146 Å². The Hall–Kier alpha value is -6.53. The van der Waals surface area contributed by atoms with Gasteiger partial charge in [-0.1, -0.05) is 126 Å². The molecule has 3 aromatic heterocycles. The van der Waals surface area contributed by atoms with Gasteiger partial charge in [-0.3, -0.25) is 4.57 Å². The van der Waals surface area contributed by atoms with E-state index in [9.17, 15) is 0 Å². The van der Waals surface area contributed by atoms with Crippen molar-refractivity contribution in [2.24, 2.45) is 0 Å².